The molecule has 1 aromatic heterocycles. The van der Waals surface area contributed by atoms with E-state index in [0.717, 1.165) is 5.56 Å². The molecule has 150 valence electrons. The van der Waals surface area contributed by atoms with Crippen LogP contribution in [-0.2, 0) is 33.1 Å². The van der Waals surface area contributed by atoms with Crippen molar-refractivity contribution < 1.29 is 17.9 Å². The second-order valence-corrected chi connectivity index (χ2v) is 9.18. The molecule has 2 atom stereocenters. The van der Waals surface area contributed by atoms with Gasteiger partial charge in [-0.2, -0.15) is 9.40 Å². The van der Waals surface area contributed by atoms with Gasteiger partial charge in [0.15, 0.2) is 0 Å². The largest absolute Gasteiger partial charge is 0.374 e. The number of nitrogens with zero attached hydrogens (tertiary/aromatic N) is 4. The minimum Gasteiger partial charge on any atom is -0.374 e. The van der Waals surface area contributed by atoms with E-state index in [0.29, 0.717) is 25.3 Å². The molecular formula is C19H24N4O4S. The van der Waals surface area contributed by atoms with E-state index >= 15 is 0 Å². The van der Waals surface area contributed by atoms with Crippen molar-refractivity contribution in [1.82, 2.24) is 19.0 Å². The first-order valence-electron chi connectivity index (χ1n) is 9.31. The van der Waals surface area contributed by atoms with Crippen molar-refractivity contribution in [3.8, 4) is 0 Å². The average Bonchev–Trinajstić information content (AvgIpc) is 3.21. The molecule has 2 aliphatic rings. The minimum atomic E-state index is -3.70. The smallest absolute Gasteiger partial charge is 0.246 e. The maximum Gasteiger partial charge on any atom is 0.246 e. The molecule has 0 bridgehead atoms. The van der Waals surface area contributed by atoms with Crippen LogP contribution in [0, 0.1) is 6.92 Å². The third-order valence-corrected chi connectivity index (χ3v) is 7.51. The van der Waals surface area contributed by atoms with Crippen molar-refractivity contribution in [1.29, 1.82) is 0 Å². The van der Waals surface area contributed by atoms with Crippen molar-refractivity contribution in [3.05, 3.63) is 47.8 Å². The molecular weight excluding hydrogens is 380 g/mol. The summed E-state index contributed by atoms with van der Waals surface area (Å²) in [5.41, 5.74) is 1.60. The van der Waals surface area contributed by atoms with Crippen LogP contribution in [0.4, 0.5) is 0 Å². The SMILES string of the molecule is Cc1c(S(=O)(=O)N2C[C@@H]3OCCC(=O)N(Cc4ccccc4)[C@H]3C2)cnn1C. The molecule has 2 fully saturated rings. The summed E-state index contributed by atoms with van der Waals surface area (Å²) in [5, 5.41) is 4.06. The van der Waals surface area contributed by atoms with Crippen LogP contribution in [0.2, 0.25) is 0 Å². The van der Waals surface area contributed by atoms with Gasteiger partial charge < -0.3 is 9.64 Å². The maximum absolute atomic E-state index is 13.2. The van der Waals surface area contributed by atoms with Crippen LogP contribution in [0.1, 0.15) is 17.7 Å². The van der Waals surface area contributed by atoms with Crippen LogP contribution in [0.15, 0.2) is 41.4 Å². The highest BCUT2D eigenvalue weighted by Crippen LogP contribution is 2.29. The number of hydrogen-bond donors (Lipinski definition) is 0. The molecule has 9 heteroatoms. The third kappa shape index (κ3) is 3.34. The Kier molecular flexibility index (Phi) is 4.98. The first-order chi connectivity index (χ1) is 13.4. The lowest BCUT2D eigenvalue weighted by Crippen LogP contribution is -2.45. The molecule has 0 spiro atoms. The molecule has 0 unspecified atom stereocenters. The van der Waals surface area contributed by atoms with Crippen LogP contribution in [0.5, 0.6) is 0 Å². The molecule has 2 aromatic rings. The molecule has 8 nitrogen and oxygen atoms in total. The van der Waals surface area contributed by atoms with Gasteiger partial charge in [0, 0.05) is 26.7 Å². The molecule has 2 saturated heterocycles. The summed E-state index contributed by atoms with van der Waals surface area (Å²) in [5.74, 6) is -0.00633. The highest BCUT2D eigenvalue weighted by molar-refractivity contribution is 7.89. The van der Waals surface area contributed by atoms with E-state index in [1.165, 1.54) is 10.5 Å². The fourth-order valence-corrected chi connectivity index (χ4v) is 5.52. The quantitative estimate of drug-likeness (QED) is 0.757. The summed E-state index contributed by atoms with van der Waals surface area (Å²) in [6.07, 6.45) is 1.36. The second kappa shape index (κ2) is 7.31. The van der Waals surface area contributed by atoms with Crippen LogP contribution in [0.25, 0.3) is 0 Å². The molecule has 0 N–H and O–H groups in total. The molecule has 0 aliphatic carbocycles. The van der Waals surface area contributed by atoms with Crippen molar-refractivity contribution in [2.75, 3.05) is 19.7 Å². The van der Waals surface area contributed by atoms with Gasteiger partial charge in [-0.3, -0.25) is 9.48 Å². The van der Waals surface area contributed by atoms with Gasteiger partial charge >= 0.3 is 0 Å². The zero-order chi connectivity index (χ0) is 19.9. The summed E-state index contributed by atoms with van der Waals surface area (Å²) in [4.78, 5) is 14.7. The molecule has 1 amide bonds. The van der Waals surface area contributed by atoms with Crippen LogP contribution >= 0.6 is 0 Å². The lowest BCUT2D eigenvalue weighted by Gasteiger charge is -2.29. The summed E-state index contributed by atoms with van der Waals surface area (Å²) < 4.78 is 35.2. The Bertz CT molecular complexity index is 973. The van der Waals surface area contributed by atoms with E-state index in [2.05, 4.69) is 5.10 Å². The standard InChI is InChI=1S/C19H24N4O4S/c1-14-18(10-20-21(14)2)28(25,26)22-12-16-17(13-22)27-9-8-19(24)23(16)11-15-6-4-3-5-7-15/h3-7,10,16-17H,8-9,11-13H2,1-2H3/t16-,17-/m0/s1. The molecule has 1 aromatic carbocycles. The highest BCUT2D eigenvalue weighted by atomic mass is 32.2. The van der Waals surface area contributed by atoms with Gasteiger partial charge in [0.2, 0.25) is 15.9 Å². The van der Waals surface area contributed by atoms with Gasteiger partial charge in [-0.15, -0.1) is 0 Å². The normalized spacial score (nSPS) is 23.6. The van der Waals surface area contributed by atoms with Crippen LogP contribution in [0.3, 0.4) is 0 Å². The Hall–Kier alpha value is -2.23. The first-order valence-corrected chi connectivity index (χ1v) is 10.8. The van der Waals surface area contributed by atoms with Crippen molar-refractivity contribution in [3.63, 3.8) is 0 Å². The zero-order valence-electron chi connectivity index (χ0n) is 16.0. The van der Waals surface area contributed by atoms with E-state index < -0.39 is 10.0 Å². The van der Waals surface area contributed by atoms with Gasteiger partial charge in [0.1, 0.15) is 4.90 Å². The number of sulfonamides is 1. The van der Waals surface area contributed by atoms with E-state index in [1.54, 1.807) is 23.6 Å². The number of benzene rings is 1. The predicted octanol–water partition coefficient (Wildman–Crippen LogP) is 0.919. The third-order valence-electron chi connectivity index (χ3n) is 5.58. The van der Waals surface area contributed by atoms with Crippen LogP contribution < -0.4 is 0 Å². The number of hydrogen-bond acceptors (Lipinski definition) is 5. The number of fused-ring (bicyclic) bond motifs is 1. The minimum absolute atomic E-state index is 0.00633. The van der Waals surface area contributed by atoms with Gasteiger partial charge in [0.05, 0.1) is 37.1 Å². The van der Waals surface area contributed by atoms with Crippen molar-refractivity contribution >= 4 is 15.9 Å². The Labute approximate surface area is 164 Å². The van der Waals surface area contributed by atoms with E-state index in [9.17, 15) is 13.2 Å². The van der Waals surface area contributed by atoms with E-state index in [4.69, 9.17) is 4.74 Å². The predicted molar refractivity (Wildman–Crippen MR) is 102 cm³/mol. The average molecular weight is 404 g/mol. The highest BCUT2D eigenvalue weighted by Gasteiger charge is 2.46. The zero-order valence-corrected chi connectivity index (χ0v) is 16.8. The molecule has 2 aliphatic heterocycles. The number of carbonyl (C=O) groups is 1. The van der Waals surface area contributed by atoms with Crippen molar-refractivity contribution in [2.24, 2.45) is 7.05 Å². The maximum atomic E-state index is 13.2. The number of aromatic nitrogens is 2. The Morgan fingerprint density at radius 1 is 1.21 bits per heavy atom. The van der Waals surface area contributed by atoms with E-state index in [1.807, 2.05) is 30.3 Å². The van der Waals surface area contributed by atoms with Gasteiger partial charge in [-0.25, -0.2) is 8.42 Å². The summed E-state index contributed by atoms with van der Waals surface area (Å²) >= 11 is 0. The summed E-state index contributed by atoms with van der Waals surface area (Å²) in [6, 6.07) is 9.43. The van der Waals surface area contributed by atoms with Crippen LogP contribution in [-0.4, -0.2) is 65.2 Å². The topological polar surface area (TPSA) is 84.7 Å². The molecule has 0 radical (unpaired) electrons. The fourth-order valence-electron chi connectivity index (χ4n) is 3.87. The number of rotatable bonds is 4. The lowest BCUT2D eigenvalue weighted by atomic mass is 10.1. The summed E-state index contributed by atoms with van der Waals surface area (Å²) in [7, 11) is -1.99. The number of aryl methyl sites for hydroxylation is 1. The lowest BCUT2D eigenvalue weighted by molar-refractivity contribution is -0.133. The Balaban J connectivity index is 1.61. The number of amides is 1. The summed E-state index contributed by atoms with van der Waals surface area (Å²) in [6.45, 7) is 2.95. The molecule has 28 heavy (non-hydrogen) atoms. The fraction of sp³-hybridized carbons (Fsp3) is 0.474. The molecule has 4 rings (SSSR count). The Morgan fingerprint density at radius 2 is 1.96 bits per heavy atom. The van der Waals surface area contributed by atoms with Gasteiger partial charge in [-0.05, 0) is 12.5 Å². The molecule has 3 heterocycles. The monoisotopic (exact) mass is 404 g/mol. The Morgan fingerprint density at radius 3 is 2.64 bits per heavy atom. The van der Waals surface area contributed by atoms with Gasteiger partial charge in [0.25, 0.3) is 0 Å². The molecule has 0 saturated carbocycles. The number of ether oxygens (including phenoxy) is 1. The number of carbonyl (C=O) groups excluding carboxylic acids is 1. The first kappa shape index (κ1) is 19.1. The second-order valence-electron chi connectivity index (χ2n) is 7.27. The van der Waals surface area contributed by atoms with Crippen molar-refractivity contribution in [2.45, 2.75) is 36.9 Å². The van der Waals surface area contributed by atoms with E-state index in [-0.39, 0.29) is 36.0 Å². The van der Waals surface area contributed by atoms with Gasteiger partial charge in [-0.1, -0.05) is 30.3 Å².